The molecular formula is C14H15O6P. The van der Waals surface area contributed by atoms with Crippen LogP contribution in [0.4, 0.5) is 0 Å². The molecule has 7 heteroatoms. The number of aliphatic hydroxyl groups is 2. The average molecular weight is 310 g/mol. The molecule has 2 aromatic rings. The largest absolute Gasteiger partial charge is 0.508 e. The number of aromatic hydroxyl groups is 2. The van der Waals surface area contributed by atoms with E-state index in [-0.39, 0.29) is 22.6 Å². The van der Waals surface area contributed by atoms with Gasteiger partial charge >= 0.3 is 0 Å². The van der Waals surface area contributed by atoms with Crippen molar-refractivity contribution in [2.75, 3.05) is 0 Å². The third kappa shape index (κ3) is 2.94. The van der Waals surface area contributed by atoms with Gasteiger partial charge in [-0.1, -0.05) is 36.4 Å². The fraction of sp³-hybridized carbons (Fsp3) is 0.143. The molecule has 0 spiro atoms. The van der Waals surface area contributed by atoms with Gasteiger partial charge in [0, 0.05) is 11.1 Å². The summed E-state index contributed by atoms with van der Waals surface area (Å²) in [6, 6.07) is 11.0. The highest BCUT2D eigenvalue weighted by Gasteiger charge is 2.41. The molecule has 0 aromatic heterocycles. The van der Waals surface area contributed by atoms with Crippen molar-refractivity contribution >= 4 is 7.37 Å². The van der Waals surface area contributed by atoms with E-state index in [1.807, 2.05) is 0 Å². The maximum atomic E-state index is 12.4. The van der Waals surface area contributed by atoms with E-state index < -0.39 is 19.1 Å². The molecule has 2 atom stereocenters. The van der Waals surface area contributed by atoms with E-state index in [0.29, 0.717) is 0 Å². The Morgan fingerprint density at radius 1 is 0.762 bits per heavy atom. The molecule has 0 fully saturated rings. The lowest BCUT2D eigenvalue weighted by atomic mass is 10.2. The molecule has 0 aliphatic carbocycles. The van der Waals surface area contributed by atoms with Crippen LogP contribution in [0.15, 0.2) is 48.5 Å². The molecule has 2 rings (SSSR count). The lowest BCUT2D eigenvalue weighted by molar-refractivity contribution is 0.182. The predicted molar refractivity (Wildman–Crippen MR) is 76.0 cm³/mol. The molecule has 0 aliphatic rings. The monoisotopic (exact) mass is 310 g/mol. The topological polar surface area (TPSA) is 118 Å². The number of phenolic OH excluding ortho intramolecular Hbond substituents is 2. The van der Waals surface area contributed by atoms with Gasteiger partial charge in [0.05, 0.1) is 0 Å². The quantitative estimate of drug-likeness (QED) is 0.552. The van der Waals surface area contributed by atoms with E-state index in [1.165, 1.54) is 48.5 Å². The van der Waals surface area contributed by atoms with E-state index in [0.717, 1.165) is 0 Å². The predicted octanol–water partition coefficient (Wildman–Crippen LogP) is 2.05. The van der Waals surface area contributed by atoms with Crippen molar-refractivity contribution in [3.63, 3.8) is 0 Å². The fourth-order valence-corrected chi connectivity index (χ4v) is 3.45. The molecule has 112 valence electrons. The lowest BCUT2D eigenvalue weighted by Crippen LogP contribution is -2.07. The van der Waals surface area contributed by atoms with Crippen LogP contribution in [0, 0.1) is 0 Å². The first-order chi connectivity index (χ1) is 9.85. The SMILES string of the molecule is O=P(O)(C(O)c1ccccc1O)C(O)c1ccccc1O. The first-order valence-corrected chi connectivity index (χ1v) is 7.89. The van der Waals surface area contributed by atoms with Gasteiger partial charge in [-0.25, -0.2) is 0 Å². The van der Waals surface area contributed by atoms with Crippen molar-refractivity contribution in [1.29, 1.82) is 0 Å². The third-order valence-corrected chi connectivity index (χ3v) is 5.09. The van der Waals surface area contributed by atoms with Crippen molar-refractivity contribution in [3.05, 3.63) is 59.7 Å². The van der Waals surface area contributed by atoms with Crippen LogP contribution >= 0.6 is 7.37 Å². The minimum atomic E-state index is -4.58. The second kappa shape index (κ2) is 5.87. The minimum absolute atomic E-state index is 0.169. The highest BCUT2D eigenvalue weighted by Crippen LogP contribution is 2.65. The van der Waals surface area contributed by atoms with Crippen molar-refractivity contribution in [1.82, 2.24) is 0 Å². The molecule has 0 radical (unpaired) electrons. The van der Waals surface area contributed by atoms with Crippen LogP contribution in [-0.2, 0) is 4.57 Å². The molecule has 0 saturated heterocycles. The molecule has 2 aromatic carbocycles. The smallest absolute Gasteiger partial charge is 0.264 e. The standard InChI is InChI=1S/C14H15O6P/c15-11-7-3-1-5-9(11)13(17)21(19,20)14(18)10-6-2-4-8-12(10)16/h1-8,13-18H,(H,19,20). The highest BCUT2D eigenvalue weighted by atomic mass is 31.2. The lowest BCUT2D eigenvalue weighted by Gasteiger charge is -2.24. The number of benzene rings is 2. The number of rotatable bonds is 4. The highest BCUT2D eigenvalue weighted by molar-refractivity contribution is 7.58. The summed E-state index contributed by atoms with van der Waals surface area (Å²) in [5.74, 6) is -4.67. The first kappa shape index (κ1) is 15.5. The van der Waals surface area contributed by atoms with E-state index >= 15 is 0 Å². The Labute approximate surface area is 121 Å². The van der Waals surface area contributed by atoms with Crippen LogP contribution < -0.4 is 0 Å². The zero-order chi connectivity index (χ0) is 15.6. The second-order valence-corrected chi connectivity index (χ2v) is 6.86. The van der Waals surface area contributed by atoms with Gasteiger partial charge in [0.1, 0.15) is 11.5 Å². The van der Waals surface area contributed by atoms with Gasteiger partial charge in [-0.15, -0.1) is 0 Å². The normalized spacial score (nSPS) is 16.9. The Morgan fingerprint density at radius 3 is 1.43 bits per heavy atom. The van der Waals surface area contributed by atoms with Crippen molar-refractivity contribution in [3.8, 4) is 11.5 Å². The number of para-hydroxylation sites is 2. The van der Waals surface area contributed by atoms with Gasteiger partial charge < -0.3 is 25.3 Å². The summed E-state index contributed by atoms with van der Waals surface area (Å²) in [6.45, 7) is 0. The summed E-state index contributed by atoms with van der Waals surface area (Å²) in [7, 11) is -4.58. The van der Waals surface area contributed by atoms with Gasteiger partial charge in [0.15, 0.2) is 11.7 Å². The molecule has 0 aliphatic heterocycles. The minimum Gasteiger partial charge on any atom is -0.508 e. The molecule has 0 bridgehead atoms. The summed E-state index contributed by atoms with van der Waals surface area (Å²) in [4.78, 5) is 10.0. The molecule has 2 unspecified atom stereocenters. The first-order valence-electron chi connectivity index (χ1n) is 6.09. The molecule has 0 heterocycles. The van der Waals surface area contributed by atoms with E-state index in [4.69, 9.17) is 0 Å². The third-order valence-electron chi connectivity index (χ3n) is 3.13. The number of hydrogen-bond donors (Lipinski definition) is 5. The fourth-order valence-electron chi connectivity index (χ4n) is 1.94. The maximum Gasteiger partial charge on any atom is 0.264 e. The van der Waals surface area contributed by atoms with Gasteiger partial charge in [0.2, 0.25) is 0 Å². The van der Waals surface area contributed by atoms with Gasteiger partial charge in [-0.05, 0) is 12.1 Å². The van der Waals surface area contributed by atoms with Crippen LogP contribution in [0.3, 0.4) is 0 Å². The van der Waals surface area contributed by atoms with Crippen LogP contribution in [0.25, 0.3) is 0 Å². The Morgan fingerprint density at radius 2 is 1.10 bits per heavy atom. The summed E-state index contributed by atoms with van der Waals surface area (Å²) in [6.07, 6.45) is 0. The van der Waals surface area contributed by atoms with Crippen LogP contribution in [0.2, 0.25) is 0 Å². The number of hydrogen-bond acceptors (Lipinski definition) is 5. The van der Waals surface area contributed by atoms with E-state index in [2.05, 4.69) is 0 Å². The summed E-state index contributed by atoms with van der Waals surface area (Å²) >= 11 is 0. The summed E-state index contributed by atoms with van der Waals surface area (Å²) in [5, 5.41) is 39.3. The molecule has 5 N–H and O–H groups in total. The summed E-state index contributed by atoms with van der Waals surface area (Å²) < 4.78 is 12.4. The zero-order valence-corrected chi connectivity index (χ0v) is 11.8. The molecule has 0 amide bonds. The Kier molecular flexibility index (Phi) is 4.34. The second-order valence-electron chi connectivity index (χ2n) is 4.54. The number of phenols is 2. The van der Waals surface area contributed by atoms with E-state index in [1.54, 1.807) is 0 Å². The van der Waals surface area contributed by atoms with Gasteiger partial charge in [-0.2, -0.15) is 0 Å². The summed E-state index contributed by atoms with van der Waals surface area (Å²) in [5.41, 5.74) is -0.337. The van der Waals surface area contributed by atoms with Gasteiger partial charge in [0.25, 0.3) is 7.37 Å². The molecule has 6 nitrogen and oxygen atoms in total. The Bertz CT molecular complexity index is 631. The molecular weight excluding hydrogens is 295 g/mol. The maximum absolute atomic E-state index is 12.4. The van der Waals surface area contributed by atoms with Crippen LogP contribution in [0.5, 0.6) is 11.5 Å². The number of aliphatic hydroxyl groups excluding tert-OH is 2. The van der Waals surface area contributed by atoms with Gasteiger partial charge in [-0.3, -0.25) is 4.57 Å². The Hall–Kier alpha value is -1.85. The zero-order valence-electron chi connectivity index (χ0n) is 10.9. The molecule has 21 heavy (non-hydrogen) atoms. The van der Waals surface area contributed by atoms with Crippen molar-refractivity contribution < 1.29 is 29.9 Å². The molecule has 0 saturated carbocycles. The van der Waals surface area contributed by atoms with Crippen molar-refractivity contribution in [2.24, 2.45) is 0 Å². The van der Waals surface area contributed by atoms with Crippen LogP contribution in [-0.4, -0.2) is 25.3 Å². The van der Waals surface area contributed by atoms with Crippen LogP contribution in [0.1, 0.15) is 22.8 Å². The Balaban J connectivity index is 2.40. The van der Waals surface area contributed by atoms with Crippen molar-refractivity contribution in [2.45, 2.75) is 11.7 Å². The average Bonchev–Trinajstić information content (AvgIpc) is 2.47. The van der Waals surface area contributed by atoms with E-state index in [9.17, 15) is 29.9 Å².